The number of rotatable bonds is 4. The zero-order chi connectivity index (χ0) is 13.9. The van der Waals surface area contributed by atoms with E-state index in [0.717, 1.165) is 57.2 Å². The van der Waals surface area contributed by atoms with Gasteiger partial charge in [0.15, 0.2) is 0 Å². The lowest BCUT2D eigenvalue weighted by molar-refractivity contribution is -0.126. The molecule has 1 aliphatic carbocycles. The molecule has 0 N–H and O–H groups in total. The molecule has 20 heavy (non-hydrogen) atoms. The quantitative estimate of drug-likeness (QED) is 0.842. The minimum absolute atomic E-state index is 0.245. The van der Waals surface area contributed by atoms with Crippen molar-refractivity contribution >= 4 is 5.78 Å². The predicted octanol–water partition coefficient (Wildman–Crippen LogP) is 1.88. The minimum Gasteiger partial charge on any atom is -0.315 e. The summed E-state index contributed by atoms with van der Waals surface area (Å²) in [5, 5.41) is 8.11. The van der Waals surface area contributed by atoms with E-state index in [4.69, 9.17) is 0 Å². The normalized spacial score (nSPS) is 27.6. The molecule has 5 nitrogen and oxygen atoms in total. The van der Waals surface area contributed by atoms with Crippen LogP contribution in [0, 0.1) is 11.8 Å². The van der Waals surface area contributed by atoms with Crippen molar-refractivity contribution in [1.29, 1.82) is 0 Å². The van der Waals surface area contributed by atoms with Crippen LogP contribution in [0.4, 0.5) is 0 Å². The molecule has 1 saturated carbocycles. The average Bonchev–Trinajstić information content (AvgIpc) is 2.90. The lowest BCUT2D eigenvalue weighted by Crippen LogP contribution is -2.40. The SMILES string of the molecule is CCCC1CCC(=O)C(CN2CCn3cnnc3C2)C1. The van der Waals surface area contributed by atoms with Crippen molar-refractivity contribution < 1.29 is 4.79 Å². The highest BCUT2D eigenvalue weighted by molar-refractivity contribution is 5.81. The summed E-state index contributed by atoms with van der Waals surface area (Å²) in [7, 11) is 0. The van der Waals surface area contributed by atoms with Crippen LogP contribution in [0.5, 0.6) is 0 Å². The van der Waals surface area contributed by atoms with Gasteiger partial charge < -0.3 is 4.57 Å². The van der Waals surface area contributed by atoms with Crippen LogP contribution in [0.1, 0.15) is 44.9 Å². The molecule has 5 heteroatoms. The van der Waals surface area contributed by atoms with E-state index >= 15 is 0 Å². The Hall–Kier alpha value is -1.23. The van der Waals surface area contributed by atoms with Crippen LogP contribution in [-0.4, -0.2) is 38.5 Å². The molecule has 0 amide bonds. The highest BCUT2D eigenvalue weighted by Gasteiger charge is 2.30. The Kier molecular flexibility index (Phi) is 4.15. The molecule has 1 fully saturated rings. The molecule has 1 aromatic rings. The van der Waals surface area contributed by atoms with Gasteiger partial charge in [0.1, 0.15) is 17.9 Å². The van der Waals surface area contributed by atoms with Crippen molar-refractivity contribution in [2.24, 2.45) is 11.8 Å². The predicted molar refractivity (Wildman–Crippen MR) is 76.0 cm³/mol. The molecular weight excluding hydrogens is 252 g/mol. The molecule has 2 aliphatic rings. The van der Waals surface area contributed by atoms with Gasteiger partial charge in [-0.25, -0.2) is 0 Å². The van der Waals surface area contributed by atoms with Gasteiger partial charge in [0.05, 0.1) is 6.54 Å². The van der Waals surface area contributed by atoms with Gasteiger partial charge in [0.2, 0.25) is 0 Å². The maximum Gasteiger partial charge on any atom is 0.147 e. The van der Waals surface area contributed by atoms with Gasteiger partial charge in [-0.05, 0) is 18.8 Å². The van der Waals surface area contributed by atoms with Crippen LogP contribution in [0.3, 0.4) is 0 Å². The molecule has 0 bridgehead atoms. The number of nitrogens with zero attached hydrogens (tertiary/aromatic N) is 4. The summed E-state index contributed by atoms with van der Waals surface area (Å²) in [6.07, 6.45) is 7.30. The van der Waals surface area contributed by atoms with Gasteiger partial charge in [-0.3, -0.25) is 9.69 Å². The second-order valence-electron chi connectivity index (χ2n) is 6.27. The highest BCUT2D eigenvalue weighted by Crippen LogP contribution is 2.30. The van der Waals surface area contributed by atoms with Crippen molar-refractivity contribution in [2.75, 3.05) is 13.1 Å². The number of hydrogen-bond acceptors (Lipinski definition) is 4. The zero-order valence-electron chi connectivity index (χ0n) is 12.3. The van der Waals surface area contributed by atoms with E-state index in [1.165, 1.54) is 12.8 Å². The number of fused-ring (bicyclic) bond motifs is 1. The van der Waals surface area contributed by atoms with Crippen molar-refractivity contribution in [2.45, 2.75) is 52.1 Å². The Bertz CT molecular complexity index is 470. The van der Waals surface area contributed by atoms with Gasteiger partial charge in [-0.2, -0.15) is 0 Å². The van der Waals surface area contributed by atoms with Crippen molar-refractivity contribution in [3.63, 3.8) is 0 Å². The van der Waals surface area contributed by atoms with E-state index in [0.29, 0.717) is 5.78 Å². The molecule has 2 atom stereocenters. The molecule has 0 radical (unpaired) electrons. The third kappa shape index (κ3) is 2.92. The van der Waals surface area contributed by atoms with E-state index < -0.39 is 0 Å². The van der Waals surface area contributed by atoms with Gasteiger partial charge in [0, 0.05) is 32.0 Å². The standard InChI is InChI=1S/C15H24N4O/c1-2-3-12-4-5-14(20)13(8-12)9-18-6-7-19-11-16-17-15(19)10-18/h11-13H,2-10H2,1H3. The number of hydrogen-bond donors (Lipinski definition) is 0. The fraction of sp³-hybridized carbons (Fsp3) is 0.800. The zero-order valence-corrected chi connectivity index (χ0v) is 12.3. The first-order chi connectivity index (χ1) is 9.76. The molecule has 0 aromatic carbocycles. The Morgan fingerprint density at radius 1 is 1.40 bits per heavy atom. The van der Waals surface area contributed by atoms with Crippen LogP contribution in [-0.2, 0) is 17.9 Å². The van der Waals surface area contributed by atoms with Gasteiger partial charge >= 0.3 is 0 Å². The fourth-order valence-electron chi connectivity index (χ4n) is 3.63. The second kappa shape index (κ2) is 6.04. The summed E-state index contributed by atoms with van der Waals surface area (Å²) < 4.78 is 2.11. The molecule has 1 aromatic heterocycles. The van der Waals surface area contributed by atoms with Gasteiger partial charge in [-0.15, -0.1) is 10.2 Å². The fourth-order valence-corrected chi connectivity index (χ4v) is 3.63. The van der Waals surface area contributed by atoms with Crippen molar-refractivity contribution in [3.05, 3.63) is 12.2 Å². The molecule has 110 valence electrons. The van der Waals surface area contributed by atoms with E-state index in [-0.39, 0.29) is 5.92 Å². The van der Waals surface area contributed by atoms with Crippen molar-refractivity contribution in [1.82, 2.24) is 19.7 Å². The second-order valence-corrected chi connectivity index (χ2v) is 6.27. The van der Waals surface area contributed by atoms with Crippen LogP contribution in [0.2, 0.25) is 0 Å². The average molecular weight is 276 g/mol. The summed E-state index contributed by atoms with van der Waals surface area (Å²) in [6.45, 7) is 5.94. The molecule has 0 spiro atoms. The number of aromatic nitrogens is 3. The van der Waals surface area contributed by atoms with Crippen LogP contribution >= 0.6 is 0 Å². The van der Waals surface area contributed by atoms with E-state index in [1.54, 1.807) is 6.33 Å². The Balaban J connectivity index is 1.58. The smallest absolute Gasteiger partial charge is 0.147 e. The first-order valence-corrected chi connectivity index (χ1v) is 7.88. The number of carbonyl (C=O) groups excluding carboxylic acids is 1. The monoisotopic (exact) mass is 276 g/mol. The molecule has 3 rings (SSSR count). The molecule has 0 saturated heterocycles. The van der Waals surface area contributed by atoms with Gasteiger partial charge in [-0.1, -0.05) is 19.8 Å². The summed E-state index contributed by atoms with van der Waals surface area (Å²) >= 11 is 0. The largest absolute Gasteiger partial charge is 0.315 e. The topological polar surface area (TPSA) is 51.0 Å². The lowest BCUT2D eigenvalue weighted by atomic mass is 9.78. The number of ketones is 1. The third-order valence-corrected chi connectivity index (χ3v) is 4.77. The highest BCUT2D eigenvalue weighted by atomic mass is 16.1. The van der Waals surface area contributed by atoms with Crippen molar-refractivity contribution in [3.8, 4) is 0 Å². The first kappa shape index (κ1) is 13.7. The third-order valence-electron chi connectivity index (χ3n) is 4.77. The maximum atomic E-state index is 12.2. The van der Waals surface area contributed by atoms with Crippen LogP contribution in [0.25, 0.3) is 0 Å². The molecule has 2 unspecified atom stereocenters. The summed E-state index contributed by atoms with van der Waals surface area (Å²) in [6, 6.07) is 0. The minimum atomic E-state index is 0.245. The maximum absolute atomic E-state index is 12.2. The number of Topliss-reactive ketones (excluding diaryl/α,β-unsaturated/α-hetero) is 1. The molecular formula is C15H24N4O. The summed E-state index contributed by atoms with van der Waals surface area (Å²) in [4.78, 5) is 14.5. The molecule has 2 heterocycles. The summed E-state index contributed by atoms with van der Waals surface area (Å²) in [5.74, 6) is 2.51. The number of carbonyl (C=O) groups is 1. The molecule has 1 aliphatic heterocycles. The van der Waals surface area contributed by atoms with Gasteiger partial charge in [0.25, 0.3) is 0 Å². The first-order valence-electron chi connectivity index (χ1n) is 7.88. The summed E-state index contributed by atoms with van der Waals surface area (Å²) in [5.41, 5.74) is 0. The van der Waals surface area contributed by atoms with E-state index in [9.17, 15) is 4.79 Å². The Labute approximate surface area is 120 Å². The van der Waals surface area contributed by atoms with E-state index in [1.807, 2.05) is 0 Å². The van der Waals surface area contributed by atoms with E-state index in [2.05, 4.69) is 26.6 Å². The Morgan fingerprint density at radius 2 is 2.30 bits per heavy atom. The lowest BCUT2D eigenvalue weighted by Gasteiger charge is -2.34. The van der Waals surface area contributed by atoms with Crippen LogP contribution in [0.15, 0.2) is 6.33 Å². The van der Waals surface area contributed by atoms with Crippen LogP contribution < -0.4 is 0 Å². The Morgan fingerprint density at radius 3 is 3.15 bits per heavy atom.